The van der Waals surface area contributed by atoms with Gasteiger partial charge in [-0.3, -0.25) is 4.79 Å². The summed E-state index contributed by atoms with van der Waals surface area (Å²) in [5.41, 5.74) is 0. The second kappa shape index (κ2) is 10.4. The Bertz CT molecular complexity index is 238. The molecule has 0 spiro atoms. The van der Waals surface area contributed by atoms with Crippen LogP contribution in [0, 0.1) is 12.3 Å². The van der Waals surface area contributed by atoms with Gasteiger partial charge in [0.15, 0.2) is 0 Å². The van der Waals surface area contributed by atoms with E-state index in [-0.39, 0.29) is 0 Å². The van der Waals surface area contributed by atoms with Gasteiger partial charge in [-0.15, -0.1) is 12.3 Å². The third-order valence-corrected chi connectivity index (χ3v) is 1.35. The van der Waals surface area contributed by atoms with Crippen LogP contribution in [0.25, 0.3) is 0 Å². The molecular formula is C12H14O. The molecule has 0 aromatic carbocycles. The molecule has 0 aliphatic rings. The van der Waals surface area contributed by atoms with Crippen molar-refractivity contribution in [2.45, 2.75) is 19.3 Å². The minimum Gasteiger partial charge on any atom is -0.299 e. The Kier molecular flexibility index (Phi) is 9.20. The molecule has 0 aromatic rings. The number of terminal acetylenes is 1. The van der Waals surface area contributed by atoms with Gasteiger partial charge >= 0.3 is 0 Å². The van der Waals surface area contributed by atoms with Crippen molar-refractivity contribution in [1.82, 2.24) is 0 Å². The molecule has 13 heavy (non-hydrogen) atoms. The molecule has 0 unspecified atom stereocenters. The molecule has 0 fully saturated rings. The van der Waals surface area contributed by atoms with Crippen LogP contribution in [0.2, 0.25) is 0 Å². The quantitative estimate of drug-likeness (QED) is 0.199. The summed E-state index contributed by atoms with van der Waals surface area (Å²) in [6.45, 7) is 0. The Balaban J connectivity index is 3.41. The van der Waals surface area contributed by atoms with Crippen LogP contribution in [0.4, 0.5) is 0 Å². The number of carbonyl (C=O) groups excluding carboxylic acids is 1. The molecule has 1 heteroatoms. The van der Waals surface area contributed by atoms with Crippen LogP contribution < -0.4 is 0 Å². The summed E-state index contributed by atoms with van der Waals surface area (Å²) in [5, 5.41) is 0. The van der Waals surface area contributed by atoms with E-state index in [0.29, 0.717) is 0 Å². The number of rotatable bonds is 6. The summed E-state index contributed by atoms with van der Waals surface area (Å²) < 4.78 is 0. The van der Waals surface area contributed by atoms with Crippen molar-refractivity contribution in [3.63, 3.8) is 0 Å². The van der Waals surface area contributed by atoms with Crippen LogP contribution in [0.3, 0.4) is 0 Å². The van der Waals surface area contributed by atoms with Crippen molar-refractivity contribution < 1.29 is 4.79 Å². The van der Waals surface area contributed by atoms with Crippen LogP contribution in [-0.2, 0) is 4.79 Å². The summed E-state index contributed by atoms with van der Waals surface area (Å²) in [6.07, 6.45) is 19.6. The van der Waals surface area contributed by atoms with Gasteiger partial charge in [-0.2, -0.15) is 0 Å². The number of hydrogen-bond acceptors (Lipinski definition) is 1. The fourth-order valence-corrected chi connectivity index (χ4v) is 0.735. The largest absolute Gasteiger partial charge is 0.299 e. The van der Waals surface area contributed by atoms with Crippen LogP contribution >= 0.6 is 0 Å². The van der Waals surface area contributed by atoms with Crippen molar-refractivity contribution in [2.24, 2.45) is 0 Å². The maximum atomic E-state index is 9.85. The Morgan fingerprint density at radius 1 is 1.08 bits per heavy atom. The van der Waals surface area contributed by atoms with Gasteiger partial charge in [-0.05, 0) is 18.9 Å². The zero-order chi connectivity index (χ0) is 9.78. The second-order valence-corrected chi connectivity index (χ2v) is 2.43. The predicted molar refractivity (Wildman–Crippen MR) is 56.2 cm³/mol. The lowest BCUT2D eigenvalue weighted by molar-refractivity contribution is -0.104. The van der Waals surface area contributed by atoms with Crippen LogP contribution in [-0.4, -0.2) is 6.29 Å². The average molecular weight is 174 g/mol. The molecule has 0 atom stereocenters. The van der Waals surface area contributed by atoms with Gasteiger partial charge in [0, 0.05) is 6.42 Å². The van der Waals surface area contributed by atoms with E-state index in [2.05, 4.69) is 12.0 Å². The maximum absolute atomic E-state index is 9.85. The second-order valence-electron chi connectivity index (χ2n) is 2.43. The summed E-state index contributed by atoms with van der Waals surface area (Å²) in [6, 6.07) is 0. The lowest BCUT2D eigenvalue weighted by Crippen LogP contribution is -1.67. The SMILES string of the molecule is C#CCCC/C=C/C=C/C=C/C=O. The van der Waals surface area contributed by atoms with E-state index in [1.54, 1.807) is 6.08 Å². The molecule has 0 saturated heterocycles. The summed E-state index contributed by atoms with van der Waals surface area (Å²) >= 11 is 0. The molecule has 0 rings (SSSR count). The minimum absolute atomic E-state index is 0.751. The molecule has 0 aromatic heterocycles. The van der Waals surface area contributed by atoms with E-state index >= 15 is 0 Å². The first-order chi connectivity index (χ1) is 6.41. The number of carbonyl (C=O) groups is 1. The Morgan fingerprint density at radius 2 is 1.77 bits per heavy atom. The Labute approximate surface area is 79.8 Å². The van der Waals surface area contributed by atoms with Gasteiger partial charge in [-0.1, -0.05) is 30.4 Å². The van der Waals surface area contributed by atoms with Crippen molar-refractivity contribution in [3.05, 3.63) is 36.5 Å². The molecule has 0 heterocycles. The van der Waals surface area contributed by atoms with Gasteiger partial charge < -0.3 is 0 Å². The standard InChI is InChI=1S/C12H14O/c1-2-3-4-5-6-7-8-9-10-11-12-13/h1,6-12H,3-5H2/b7-6+,9-8+,11-10+. The molecule has 0 N–H and O–H groups in total. The van der Waals surface area contributed by atoms with E-state index in [0.717, 1.165) is 25.5 Å². The molecule has 0 amide bonds. The fraction of sp³-hybridized carbons (Fsp3) is 0.250. The number of aldehydes is 1. The summed E-state index contributed by atoms with van der Waals surface area (Å²) in [7, 11) is 0. The lowest BCUT2D eigenvalue weighted by Gasteiger charge is -1.84. The van der Waals surface area contributed by atoms with Crippen molar-refractivity contribution in [2.75, 3.05) is 0 Å². The highest BCUT2D eigenvalue weighted by molar-refractivity contribution is 5.65. The van der Waals surface area contributed by atoms with Gasteiger partial charge in [0.1, 0.15) is 6.29 Å². The molecule has 0 aliphatic carbocycles. The van der Waals surface area contributed by atoms with E-state index in [1.165, 1.54) is 6.08 Å². The Hall–Kier alpha value is -1.55. The number of allylic oxidation sites excluding steroid dienone is 6. The van der Waals surface area contributed by atoms with E-state index in [4.69, 9.17) is 6.42 Å². The van der Waals surface area contributed by atoms with Crippen molar-refractivity contribution in [1.29, 1.82) is 0 Å². The lowest BCUT2D eigenvalue weighted by atomic mass is 10.2. The summed E-state index contributed by atoms with van der Waals surface area (Å²) in [4.78, 5) is 9.85. The smallest absolute Gasteiger partial charge is 0.142 e. The zero-order valence-electron chi connectivity index (χ0n) is 7.65. The van der Waals surface area contributed by atoms with Crippen molar-refractivity contribution >= 4 is 6.29 Å². The van der Waals surface area contributed by atoms with Gasteiger partial charge in [0.05, 0.1) is 0 Å². The third-order valence-electron chi connectivity index (χ3n) is 1.35. The molecule has 0 bridgehead atoms. The first-order valence-corrected chi connectivity index (χ1v) is 4.29. The van der Waals surface area contributed by atoms with Gasteiger partial charge in [0.25, 0.3) is 0 Å². The van der Waals surface area contributed by atoms with E-state index in [9.17, 15) is 4.79 Å². The maximum Gasteiger partial charge on any atom is 0.142 e. The number of unbranched alkanes of at least 4 members (excludes halogenated alkanes) is 2. The highest BCUT2D eigenvalue weighted by Gasteiger charge is 1.76. The third kappa shape index (κ3) is 10.4. The highest BCUT2D eigenvalue weighted by atomic mass is 16.1. The van der Waals surface area contributed by atoms with E-state index in [1.807, 2.05) is 18.2 Å². The van der Waals surface area contributed by atoms with Crippen molar-refractivity contribution in [3.8, 4) is 12.3 Å². The van der Waals surface area contributed by atoms with Gasteiger partial charge in [0.2, 0.25) is 0 Å². The molecule has 0 radical (unpaired) electrons. The first kappa shape index (κ1) is 11.4. The van der Waals surface area contributed by atoms with E-state index < -0.39 is 0 Å². The zero-order valence-corrected chi connectivity index (χ0v) is 7.65. The fourth-order valence-electron chi connectivity index (χ4n) is 0.735. The molecule has 0 saturated carbocycles. The predicted octanol–water partition coefficient (Wildman–Crippen LogP) is 2.66. The monoisotopic (exact) mass is 174 g/mol. The normalized spacial score (nSPS) is 11.3. The first-order valence-electron chi connectivity index (χ1n) is 4.29. The molecule has 0 aliphatic heterocycles. The minimum atomic E-state index is 0.751. The van der Waals surface area contributed by atoms with Crippen LogP contribution in [0.5, 0.6) is 0 Å². The summed E-state index contributed by atoms with van der Waals surface area (Å²) in [5.74, 6) is 2.58. The average Bonchev–Trinajstić information content (AvgIpc) is 2.16. The highest BCUT2D eigenvalue weighted by Crippen LogP contribution is 1.94. The van der Waals surface area contributed by atoms with Crippen LogP contribution in [0.1, 0.15) is 19.3 Å². The number of hydrogen-bond donors (Lipinski definition) is 0. The molecule has 1 nitrogen and oxygen atoms in total. The van der Waals surface area contributed by atoms with Crippen LogP contribution in [0.15, 0.2) is 36.5 Å². The Morgan fingerprint density at radius 3 is 2.46 bits per heavy atom. The molecular weight excluding hydrogens is 160 g/mol. The topological polar surface area (TPSA) is 17.1 Å². The molecule has 68 valence electrons. The van der Waals surface area contributed by atoms with Gasteiger partial charge in [-0.25, -0.2) is 0 Å².